The summed E-state index contributed by atoms with van der Waals surface area (Å²) in [5.41, 5.74) is 1.18. The molecule has 1 aromatic heterocycles. The maximum atomic E-state index is 13.3. The van der Waals surface area contributed by atoms with Crippen molar-refractivity contribution in [2.45, 2.75) is 13.2 Å². The predicted octanol–water partition coefficient (Wildman–Crippen LogP) is 2.31. The van der Waals surface area contributed by atoms with Crippen molar-refractivity contribution in [1.82, 2.24) is 4.57 Å². The number of halogens is 2. The summed E-state index contributed by atoms with van der Waals surface area (Å²) < 4.78 is 27.7. The van der Waals surface area contributed by atoms with E-state index in [0.717, 1.165) is 11.6 Å². The standard InChI is InChI=1S/C12H11F2NO/c13-11-2-1-10(12(14)5-11)7-15-4-3-9(6-15)8-16/h1-6,16H,7-8H2. The van der Waals surface area contributed by atoms with Crippen LogP contribution in [0.25, 0.3) is 0 Å². The maximum Gasteiger partial charge on any atom is 0.131 e. The maximum absolute atomic E-state index is 13.3. The molecule has 0 aliphatic rings. The molecule has 0 spiro atoms. The van der Waals surface area contributed by atoms with Gasteiger partial charge in [0.1, 0.15) is 11.6 Å². The van der Waals surface area contributed by atoms with Crippen LogP contribution in [0, 0.1) is 11.6 Å². The van der Waals surface area contributed by atoms with E-state index < -0.39 is 11.6 Å². The molecule has 0 fully saturated rings. The highest BCUT2D eigenvalue weighted by molar-refractivity contribution is 5.20. The van der Waals surface area contributed by atoms with E-state index in [0.29, 0.717) is 12.1 Å². The highest BCUT2D eigenvalue weighted by Gasteiger charge is 2.04. The van der Waals surface area contributed by atoms with Crippen molar-refractivity contribution < 1.29 is 13.9 Å². The first-order chi connectivity index (χ1) is 7.69. The third kappa shape index (κ3) is 2.28. The van der Waals surface area contributed by atoms with Gasteiger partial charge >= 0.3 is 0 Å². The molecule has 1 N–H and O–H groups in total. The largest absolute Gasteiger partial charge is 0.392 e. The Hall–Kier alpha value is -1.68. The minimum atomic E-state index is -0.579. The van der Waals surface area contributed by atoms with E-state index in [4.69, 9.17) is 5.11 Å². The minimum Gasteiger partial charge on any atom is -0.392 e. The van der Waals surface area contributed by atoms with Gasteiger partial charge in [0.2, 0.25) is 0 Å². The van der Waals surface area contributed by atoms with Crippen molar-refractivity contribution in [1.29, 1.82) is 0 Å². The van der Waals surface area contributed by atoms with Crippen molar-refractivity contribution in [2.24, 2.45) is 0 Å². The van der Waals surface area contributed by atoms with Gasteiger partial charge < -0.3 is 9.67 Å². The Morgan fingerprint density at radius 2 is 2.00 bits per heavy atom. The van der Waals surface area contributed by atoms with Crippen LogP contribution in [-0.4, -0.2) is 9.67 Å². The van der Waals surface area contributed by atoms with E-state index >= 15 is 0 Å². The van der Waals surface area contributed by atoms with Crippen LogP contribution in [0.4, 0.5) is 8.78 Å². The molecule has 1 heterocycles. The van der Waals surface area contributed by atoms with Crippen molar-refractivity contribution in [3.05, 3.63) is 59.4 Å². The first-order valence-electron chi connectivity index (χ1n) is 4.88. The summed E-state index contributed by atoms with van der Waals surface area (Å²) in [5, 5.41) is 8.87. The number of aromatic nitrogens is 1. The van der Waals surface area contributed by atoms with Crippen LogP contribution < -0.4 is 0 Å². The average molecular weight is 223 g/mol. The quantitative estimate of drug-likeness (QED) is 0.848. The van der Waals surface area contributed by atoms with Gasteiger partial charge in [-0.3, -0.25) is 0 Å². The summed E-state index contributed by atoms with van der Waals surface area (Å²) in [4.78, 5) is 0. The molecule has 84 valence electrons. The van der Waals surface area contributed by atoms with Gasteiger partial charge in [0.25, 0.3) is 0 Å². The molecule has 2 nitrogen and oxygen atoms in total. The summed E-state index contributed by atoms with van der Waals surface area (Å²) in [6.45, 7) is 0.283. The molecule has 16 heavy (non-hydrogen) atoms. The van der Waals surface area contributed by atoms with Crippen LogP contribution in [0.2, 0.25) is 0 Å². The zero-order chi connectivity index (χ0) is 11.5. The summed E-state index contributed by atoms with van der Waals surface area (Å²) >= 11 is 0. The van der Waals surface area contributed by atoms with Crippen molar-refractivity contribution in [3.8, 4) is 0 Å². The lowest BCUT2D eigenvalue weighted by atomic mass is 10.2. The van der Waals surface area contributed by atoms with Gasteiger partial charge in [0.05, 0.1) is 6.61 Å². The Labute approximate surface area is 91.8 Å². The molecule has 1 aromatic carbocycles. The van der Waals surface area contributed by atoms with Crippen LogP contribution in [0.5, 0.6) is 0 Å². The topological polar surface area (TPSA) is 25.2 Å². The summed E-state index contributed by atoms with van der Waals surface area (Å²) in [5.74, 6) is -1.14. The van der Waals surface area contributed by atoms with Gasteiger partial charge in [-0.1, -0.05) is 6.07 Å². The van der Waals surface area contributed by atoms with Gasteiger partial charge in [-0.15, -0.1) is 0 Å². The van der Waals surface area contributed by atoms with Crippen molar-refractivity contribution >= 4 is 0 Å². The second kappa shape index (κ2) is 4.45. The lowest BCUT2D eigenvalue weighted by Gasteiger charge is -2.04. The molecule has 0 aliphatic carbocycles. The lowest BCUT2D eigenvalue weighted by Crippen LogP contribution is -1.99. The number of hydrogen-bond donors (Lipinski definition) is 1. The zero-order valence-corrected chi connectivity index (χ0v) is 8.53. The van der Waals surface area contributed by atoms with Crippen molar-refractivity contribution in [3.63, 3.8) is 0 Å². The van der Waals surface area contributed by atoms with Crippen LogP contribution in [0.3, 0.4) is 0 Å². The molecule has 2 rings (SSSR count). The molecular weight excluding hydrogens is 212 g/mol. The number of hydrogen-bond acceptors (Lipinski definition) is 1. The zero-order valence-electron chi connectivity index (χ0n) is 8.53. The van der Waals surface area contributed by atoms with Gasteiger partial charge in [-0.2, -0.15) is 0 Å². The van der Waals surface area contributed by atoms with Crippen molar-refractivity contribution in [2.75, 3.05) is 0 Å². The molecule has 0 radical (unpaired) electrons. The van der Waals surface area contributed by atoms with Gasteiger partial charge in [0, 0.05) is 30.6 Å². The first-order valence-corrected chi connectivity index (χ1v) is 4.88. The Morgan fingerprint density at radius 3 is 2.62 bits per heavy atom. The second-order valence-corrected chi connectivity index (χ2v) is 3.59. The fourth-order valence-corrected chi connectivity index (χ4v) is 1.53. The van der Waals surface area contributed by atoms with E-state index in [9.17, 15) is 8.78 Å². The number of benzene rings is 1. The summed E-state index contributed by atoms with van der Waals surface area (Å²) in [6, 6.07) is 5.27. The van der Waals surface area contributed by atoms with Gasteiger partial charge in [0.15, 0.2) is 0 Å². The Morgan fingerprint density at radius 1 is 1.19 bits per heavy atom. The summed E-state index contributed by atoms with van der Waals surface area (Å²) in [7, 11) is 0. The first kappa shape index (κ1) is 10.8. The van der Waals surface area contributed by atoms with E-state index in [2.05, 4.69) is 0 Å². The number of aliphatic hydroxyl groups excluding tert-OH is 1. The predicted molar refractivity (Wildman–Crippen MR) is 55.8 cm³/mol. The Bertz CT molecular complexity index is 494. The molecule has 0 amide bonds. The van der Waals surface area contributed by atoms with E-state index in [-0.39, 0.29) is 6.61 Å². The highest BCUT2D eigenvalue weighted by Crippen LogP contribution is 2.12. The molecule has 0 saturated heterocycles. The monoisotopic (exact) mass is 223 g/mol. The third-order valence-electron chi connectivity index (χ3n) is 2.36. The average Bonchev–Trinajstić information content (AvgIpc) is 2.70. The fraction of sp³-hybridized carbons (Fsp3) is 0.167. The number of aliphatic hydroxyl groups is 1. The number of rotatable bonds is 3. The van der Waals surface area contributed by atoms with Crippen LogP contribution in [-0.2, 0) is 13.2 Å². The molecular formula is C12H11F2NO. The SMILES string of the molecule is OCc1ccn(Cc2ccc(F)cc2F)c1. The molecule has 0 aliphatic heterocycles. The minimum absolute atomic E-state index is 0.0428. The van der Waals surface area contributed by atoms with Gasteiger partial charge in [-0.25, -0.2) is 8.78 Å². The van der Waals surface area contributed by atoms with Crippen LogP contribution >= 0.6 is 0 Å². The summed E-state index contributed by atoms with van der Waals surface area (Å²) in [6.07, 6.45) is 3.47. The third-order valence-corrected chi connectivity index (χ3v) is 2.36. The van der Waals surface area contributed by atoms with E-state index in [1.807, 2.05) is 0 Å². The Balaban J connectivity index is 2.20. The molecule has 4 heteroatoms. The van der Waals surface area contributed by atoms with E-state index in [1.54, 1.807) is 23.0 Å². The molecule has 0 saturated carbocycles. The normalized spacial score (nSPS) is 10.7. The molecule has 0 atom stereocenters. The smallest absolute Gasteiger partial charge is 0.131 e. The highest BCUT2D eigenvalue weighted by atomic mass is 19.1. The Kier molecular flexibility index (Phi) is 3.01. The second-order valence-electron chi connectivity index (χ2n) is 3.59. The molecule has 2 aromatic rings. The van der Waals surface area contributed by atoms with Gasteiger partial charge in [-0.05, 0) is 17.7 Å². The molecule has 0 bridgehead atoms. The number of nitrogens with zero attached hydrogens (tertiary/aromatic N) is 1. The van der Waals surface area contributed by atoms with Crippen LogP contribution in [0.15, 0.2) is 36.7 Å². The van der Waals surface area contributed by atoms with E-state index in [1.165, 1.54) is 12.1 Å². The van der Waals surface area contributed by atoms with Crippen LogP contribution in [0.1, 0.15) is 11.1 Å². The molecule has 0 unspecified atom stereocenters. The lowest BCUT2D eigenvalue weighted by molar-refractivity contribution is 0.282. The fourth-order valence-electron chi connectivity index (χ4n) is 1.53.